The summed E-state index contributed by atoms with van der Waals surface area (Å²) >= 11 is 0. The first-order valence-electron chi connectivity index (χ1n) is 3.41. The van der Waals surface area contributed by atoms with Gasteiger partial charge in [-0.25, -0.2) is 9.79 Å². The van der Waals surface area contributed by atoms with Gasteiger partial charge in [-0.15, -0.1) is 0 Å². The van der Waals surface area contributed by atoms with Crippen molar-refractivity contribution in [1.82, 2.24) is 0 Å². The van der Waals surface area contributed by atoms with Crippen LogP contribution in [0.4, 0.5) is 0 Å². The molecule has 0 saturated carbocycles. The Bertz CT molecular complexity index is 271. The Kier molecular flexibility index (Phi) is 2.64. The standard InChI is InChI=1S/C8H9NO2/c1-7-8(3-5-11-7)2-4-9-6-10/h3,5H,2,4H2,1H3. The van der Waals surface area contributed by atoms with Crippen LogP contribution in [-0.2, 0) is 11.2 Å². The summed E-state index contributed by atoms with van der Waals surface area (Å²) in [5, 5.41) is 0. The average Bonchev–Trinajstić information content (AvgIpc) is 2.37. The second kappa shape index (κ2) is 3.74. The first-order chi connectivity index (χ1) is 5.34. The van der Waals surface area contributed by atoms with Crippen molar-refractivity contribution < 1.29 is 9.21 Å². The van der Waals surface area contributed by atoms with Crippen LogP contribution in [0.5, 0.6) is 0 Å². The maximum atomic E-state index is 9.70. The van der Waals surface area contributed by atoms with Gasteiger partial charge in [-0.3, -0.25) is 0 Å². The highest BCUT2D eigenvalue weighted by Gasteiger charge is 1.98. The summed E-state index contributed by atoms with van der Waals surface area (Å²) in [5.74, 6) is 0.895. The molecule has 0 saturated heterocycles. The summed E-state index contributed by atoms with van der Waals surface area (Å²) < 4.78 is 5.05. The molecule has 0 amide bonds. The van der Waals surface area contributed by atoms with E-state index >= 15 is 0 Å². The van der Waals surface area contributed by atoms with Crippen LogP contribution >= 0.6 is 0 Å². The molecule has 0 N–H and O–H groups in total. The van der Waals surface area contributed by atoms with Crippen LogP contribution in [0.15, 0.2) is 21.7 Å². The molecule has 58 valence electrons. The lowest BCUT2D eigenvalue weighted by molar-refractivity contribution is 0.529. The van der Waals surface area contributed by atoms with Gasteiger partial charge in [0, 0.05) is 0 Å². The van der Waals surface area contributed by atoms with Gasteiger partial charge in [0.25, 0.3) is 0 Å². The zero-order valence-electron chi connectivity index (χ0n) is 6.33. The van der Waals surface area contributed by atoms with Gasteiger partial charge in [-0.2, -0.15) is 0 Å². The molecule has 0 atom stereocenters. The molecular weight excluding hydrogens is 142 g/mol. The van der Waals surface area contributed by atoms with Crippen LogP contribution in [0.3, 0.4) is 0 Å². The third-order valence-electron chi connectivity index (χ3n) is 1.52. The Balaban J connectivity index is 2.50. The third kappa shape index (κ3) is 2.06. The Morgan fingerprint density at radius 2 is 2.55 bits per heavy atom. The van der Waals surface area contributed by atoms with Crippen LogP contribution in [0.1, 0.15) is 11.3 Å². The molecule has 0 bridgehead atoms. The van der Waals surface area contributed by atoms with E-state index in [1.54, 1.807) is 6.26 Å². The van der Waals surface area contributed by atoms with Gasteiger partial charge in [0.15, 0.2) is 0 Å². The first-order valence-corrected chi connectivity index (χ1v) is 3.41. The first kappa shape index (κ1) is 7.76. The summed E-state index contributed by atoms with van der Waals surface area (Å²) in [4.78, 5) is 13.1. The van der Waals surface area contributed by atoms with E-state index in [0.717, 1.165) is 17.7 Å². The monoisotopic (exact) mass is 151 g/mol. The molecule has 1 aromatic heterocycles. The van der Waals surface area contributed by atoms with Crippen molar-refractivity contribution in [3.8, 4) is 0 Å². The molecular formula is C8H9NO2. The second-order valence-electron chi connectivity index (χ2n) is 2.23. The highest BCUT2D eigenvalue weighted by Crippen LogP contribution is 2.08. The highest BCUT2D eigenvalue weighted by molar-refractivity contribution is 5.33. The summed E-state index contributed by atoms with van der Waals surface area (Å²) in [6.45, 7) is 2.38. The predicted octanol–water partition coefficient (Wildman–Crippen LogP) is 1.47. The Hall–Kier alpha value is -1.34. The number of hydrogen-bond donors (Lipinski definition) is 0. The number of isocyanates is 1. The molecule has 0 aliphatic heterocycles. The normalized spacial score (nSPS) is 9.18. The van der Waals surface area contributed by atoms with Crippen molar-refractivity contribution in [2.24, 2.45) is 4.99 Å². The number of rotatable bonds is 3. The fourth-order valence-corrected chi connectivity index (χ4v) is 0.893. The number of aliphatic imine (C=N–C) groups is 1. The number of hydrogen-bond acceptors (Lipinski definition) is 3. The van der Waals surface area contributed by atoms with E-state index in [9.17, 15) is 4.79 Å². The maximum Gasteiger partial charge on any atom is 0.234 e. The fourth-order valence-electron chi connectivity index (χ4n) is 0.893. The van der Waals surface area contributed by atoms with E-state index in [1.165, 1.54) is 6.08 Å². The molecule has 1 aromatic rings. The van der Waals surface area contributed by atoms with Gasteiger partial charge in [0.1, 0.15) is 5.76 Å². The zero-order valence-corrected chi connectivity index (χ0v) is 6.33. The highest BCUT2D eigenvalue weighted by atomic mass is 16.3. The van der Waals surface area contributed by atoms with Crippen molar-refractivity contribution >= 4 is 6.08 Å². The number of nitrogens with zero attached hydrogens (tertiary/aromatic N) is 1. The quantitative estimate of drug-likeness (QED) is 0.485. The molecule has 0 aliphatic rings. The zero-order chi connectivity index (χ0) is 8.10. The minimum atomic E-state index is 0.490. The SMILES string of the molecule is Cc1occc1CCN=C=O. The lowest BCUT2D eigenvalue weighted by Gasteiger charge is -1.91. The van der Waals surface area contributed by atoms with Crippen LogP contribution in [0, 0.1) is 6.92 Å². The van der Waals surface area contributed by atoms with Crippen LogP contribution in [0.25, 0.3) is 0 Å². The molecule has 1 heterocycles. The lowest BCUT2D eigenvalue weighted by atomic mass is 10.2. The Labute approximate surface area is 64.7 Å². The molecule has 0 fully saturated rings. The molecule has 11 heavy (non-hydrogen) atoms. The Morgan fingerprint density at radius 3 is 3.09 bits per heavy atom. The van der Waals surface area contributed by atoms with Crippen molar-refractivity contribution in [2.45, 2.75) is 13.3 Å². The minimum Gasteiger partial charge on any atom is -0.469 e. The lowest BCUT2D eigenvalue weighted by Crippen LogP contribution is -1.88. The molecule has 0 spiro atoms. The van der Waals surface area contributed by atoms with Crippen molar-refractivity contribution in [3.05, 3.63) is 23.7 Å². The van der Waals surface area contributed by atoms with E-state index in [1.807, 2.05) is 13.0 Å². The largest absolute Gasteiger partial charge is 0.469 e. The van der Waals surface area contributed by atoms with Gasteiger partial charge in [-0.1, -0.05) is 0 Å². The number of carbonyl (C=O) groups excluding carboxylic acids is 1. The molecule has 0 radical (unpaired) electrons. The van der Waals surface area contributed by atoms with Gasteiger partial charge in [0.05, 0.1) is 12.8 Å². The Morgan fingerprint density at radius 1 is 1.73 bits per heavy atom. The summed E-state index contributed by atoms with van der Waals surface area (Å²) in [6, 6.07) is 1.88. The van der Waals surface area contributed by atoms with E-state index in [4.69, 9.17) is 4.42 Å². The minimum absolute atomic E-state index is 0.490. The smallest absolute Gasteiger partial charge is 0.234 e. The van der Waals surface area contributed by atoms with E-state index in [2.05, 4.69) is 4.99 Å². The third-order valence-corrected chi connectivity index (χ3v) is 1.52. The molecule has 0 aliphatic carbocycles. The number of furan rings is 1. The van der Waals surface area contributed by atoms with Crippen molar-refractivity contribution in [2.75, 3.05) is 6.54 Å². The average molecular weight is 151 g/mol. The van der Waals surface area contributed by atoms with E-state index < -0.39 is 0 Å². The summed E-state index contributed by atoms with van der Waals surface area (Å²) in [5.41, 5.74) is 1.10. The van der Waals surface area contributed by atoms with Gasteiger partial charge in [0.2, 0.25) is 6.08 Å². The van der Waals surface area contributed by atoms with Crippen LogP contribution < -0.4 is 0 Å². The van der Waals surface area contributed by atoms with Crippen molar-refractivity contribution in [3.63, 3.8) is 0 Å². The maximum absolute atomic E-state index is 9.70. The van der Waals surface area contributed by atoms with E-state index in [0.29, 0.717) is 6.54 Å². The van der Waals surface area contributed by atoms with Crippen LogP contribution in [-0.4, -0.2) is 12.6 Å². The second-order valence-corrected chi connectivity index (χ2v) is 2.23. The van der Waals surface area contributed by atoms with E-state index in [-0.39, 0.29) is 0 Å². The predicted molar refractivity (Wildman–Crippen MR) is 40.1 cm³/mol. The molecule has 0 aromatic carbocycles. The molecule has 3 nitrogen and oxygen atoms in total. The number of aryl methyl sites for hydroxylation is 1. The molecule has 1 rings (SSSR count). The van der Waals surface area contributed by atoms with Crippen LogP contribution in [0.2, 0.25) is 0 Å². The fraction of sp³-hybridized carbons (Fsp3) is 0.375. The summed E-state index contributed by atoms with van der Waals surface area (Å²) in [7, 11) is 0. The van der Waals surface area contributed by atoms with Gasteiger partial charge >= 0.3 is 0 Å². The topological polar surface area (TPSA) is 42.6 Å². The van der Waals surface area contributed by atoms with Crippen molar-refractivity contribution in [1.29, 1.82) is 0 Å². The van der Waals surface area contributed by atoms with Gasteiger partial charge in [-0.05, 0) is 25.0 Å². The molecule has 0 unspecified atom stereocenters. The van der Waals surface area contributed by atoms with Gasteiger partial charge < -0.3 is 4.42 Å². The summed E-state index contributed by atoms with van der Waals surface area (Å²) in [6.07, 6.45) is 3.88. The molecule has 3 heteroatoms.